The summed E-state index contributed by atoms with van der Waals surface area (Å²) in [6.45, 7) is 11.4. The van der Waals surface area contributed by atoms with Crippen molar-refractivity contribution in [2.45, 2.75) is 214 Å². The van der Waals surface area contributed by atoms with Gasteiger partial charge in [0.2, 0.25) is 0 Å². The average molecular weight is 898 g/mol. The predicted molar refractivity (Wildman–Crippen MR) is 202 cm³/mol. The molecule has 0 rings (SSSR count). The van der Waals surface area contributed by atoms with Gasteiger partial charge in [-0.1, -0.05) is 13.8 Å². The van der Waals surface area contributed by atoms with Crippen molar-refractivity contribution in [2.75, 3.05) is 0 Å². The van der Waals surface area contributed by atoms with Crippen LogP contribution in [-0.4, -0.2) is 62.3 Å². The molecule has 0 aromatic heterocycles. The summed E-state index contributed by atoms with van der Waals surface area (Å²) in [6.07, 6.45) is 27.2. The molecule has 48 heavy (non-hydrogen) atoms. The smallest absolute Gasteiger partial charge is 0.0654 e. The van der Waals surface area contributed by atoms with Crippen molar-refractivity contribution in [1.82, 2.24) is 0 Å². The first-order chi connectivity index (χ1) is 22.9. The van der Waals surface area contributed by atoms with Crippen LogP contribution < -0.4 is 0 Å². The maximum absolute atomic E-state index is 12.8. The molecule has 10 heteroatoms. The average Bonchev–Trinajstić information content (AvgIpc) is 3.00. The van der Waals surface area contributed by atoms with Crippen LogP contribution in [0, 0.1) is 0 Å². The molecular weight excluding hydrogens is 822 g/mol. The molecule has 0 aromatic carbocycles. The van der Waals surface area contributed by atoms with Gasteiger partial charge >= 0.3 is 294 Å². The first-order valence-electron chi connectivity index (χ1n) is 19.7. The van der Waals surface area contributed by atoms with Gasteiger partial charge in [0, 0.05) is 0 Å². The van der Waals surface area contributed by atoms with Crippen LogP contribution in [0.2, 0.25) is 18.8 Å². The van der Waals surface area contributed by atoms with E-state index in [0.717, 1.165) is 60.2 Å². The molecule has 0 radical (unpaired) electrons. The Kier molecular flexibility index (Phi) is 34.7. The molecule has 0 amide bonds. The van der Waals surface area contributed by atoms with Crippen LogP contribution in [0.3, 0.4) is 0 Å². The van der Waals surface area contributed by atoms with Crippen molar-refractivity contribution >= 4 is 62.3 Å². The summed E-state index contributed by atoms with van der Waals surface area (Å²) < 4.78 is 23.8. The third-order valence-corrected chi connectivity index (χ3v) is 22.4. The normalized spacial score (nSPS) is 11.3. The van der Waals surface area contributed by atoms with E-state index in [1.807, 2.05) is 0 Å². The summed E-state index contributed by atoms with van der Waals surface area (Å²) in [4.78, 5) is 50.0. The van der Waals surface area contributed by atoms with Gasteiger partial charge in [0.05, 0.1) is 0 Å². The number of hydrogen-bond acceptors (Lipinski definition) is 8. The van der Waals surface area contributed by atoms with Gasteiger partial charge in [0.25, 0.3) is 0 Å². The molecule has 0 N–H and O–H groups in total. The molecule has 0 heterocycles. The molecule has 0 aliphatic rings. The number of unbranched alkanes of at least 4 members (excludes halogenated alkanes) is 18. The Hall–Kier alpha value is -0.523. The van der Waals surface area contributed by atoms with Gasteiger partial charge in [-0.25, -0.2) is 0 Å². The molecule has 284 valence electrons. The minimum absolute atomic E-state index is 0.109. The molecule has 0 spiro atoms. The van der Waals surface area contributed by atoms with Crippen LogP contribution in [0.15, 0.2) is 0 Å². The van der Waals surface area contributed by atoms with E-state index in [9.17, 15) is 19.2 Å². The van der Waals surface area contributed by atoms with Crippen molar-refractivity contribution in [2.24, 2.45) is 0 Å². The second-order valence-corrected chi connectivity index (χ2v) is 32.2. The van der Waals surface area contributed by atoms with Gasteiger partial charge in [-0.15, -0.1) is 0 Å². The maximum atomic E-state index is 12.8. The number of carbonyl (C=O) groups is 4. The van der Waals surface area contributed by atoms with Crippen molar-refractivity contribution in [3.63, 3.8) is 0 Å². The van der Waals surface area contributed by atoms with Crippen molar-refractivity contribution in [1.29, 1.82) is 0 Å². The minimum atomic E-state index is -3.76. The number of carbonyl (C=O) groups excluding carboxylic acids is 4. The Morgan fingerprint density at radius 1 is 0.396 bits per heavy atom. The number of rotatable bonds is 30. The van der Waals surface area contributed by atoms with Gasteiger partial charge in [0.1, 0.15) is 0 Å². The van der Waals surface area contributed by atoms with E-state index >= 15 is 0 Å². The molecule has 0 saturated heterocycles. The van der Waals surface area contributed by atoms with Gasteiger partial charge in [-0.05, 0) is 0 Å². The Labute approximate surface area is 306 Å². The zero-order valence-corrected chi connectivity index (χ0v) is 38.4. The van der Waals surface area contributed by atoms with Crippen LogP contribution in [-0.2, 0) is 31.5 Å². The van der Waals surface area contributed by atoms with Crippen LogP contribution in [0.25, 0.3) is 0 Å². The fourth-order valence-electron chi connectivity index (χ4n) is 5.63. The Morgan fingerprint density at radius 3 is 0.938 bits per heavy atom. The first kappa shape index (κ1) is 49.6. The van der Waals surface area contributed by atoms with Gasteiger partial charge in [0.15, 0.2) is 0 Å². The Balaban J connectivity index is 0. The minimum Gasteiger partial charge on any atom is -0.0654 e. The van der Waals surface area contributed by atoms with E-state index < -0.39 is 38.4 Å². The van der Waals surface area contributed by atoms with E-state index in [4.69, 9.17) is 12.3 Å². The van der Waals surface area contributed by atoms with Crippen molar-refractivity contribution < 1.29 is 31.5 Å². The molecule has 0 bridgehead atoms. The van der Waals surface area contributed by atoms with Crippen molar-refractivity contribution in [3.8, 4) is 0 Å². The molecule has 0 fully saturated rings. The molecule has 0 unspecified atom stereocenters. The standard InChI is InChI=1S/2C12H24O2.2C4H9.2C2H4O2.2CH3.2Sn/c2*1-2-3-4-5-6-7-8-9-10-11-12(13)14;2*1-3-4-2;2*1-2(3)4;;;;/h2*2-11H2,1H3,(H,13,14);2*1,3-4H2,2H3;2*1H3,(H,3,4);2*1H3;;/q;;;;;;;;2*+2/p-4. The van der Waals surface area contributed by atoms with Gasteiger partial charge < -0.3 is 0 Å². The zero-order valence-electron chi connectivity index (χ0n) is 32.7. The van der Waals surface area contributed by atoms with Crippen molar-refractivity contribution in [3.05, 3.63) is 0 Å². The SMILES string of the molecule is CC(=O)[O][Sn]([CH3])([CH3])[O]C(C)=O.CCCCCCCCCCCC(=O)[O][Sn]([CH2]CCC)([CH2]CCC)[O]C(=O)CCCCCCCCCCC. The zero-order chi connectivity index (χ0) is 36.5. The summed E-state index contributed by atoms with van der Waals surface area (Å²) in [5, 5.41) is 0. The quantitative estimate of drug-likeness (QED) is 0.0518. The van der Waals surface area contributed by atoms with Crippen LogP contribution >= 0.6 is 0 Å². The van der Waals surface area contributed by atoms with Gasteiger partial charge in [-0.3, -0.25) is 0 Å². The third-order valence-electron chi connectivity index (χ3n) is 8.17. The van der Waals surface area contributed by atoms with Crippen LogP contribution in [0.1, 0.15) is 196 Å². The molecule has 0 atom stereocenters. The van der Waals surface area contributed by atoms with E-state index in [2.05, 4.69) is 27.7 Å². The van der Waals surface area contributed by atoms with Crippen LogP contribution in [0.5, 0.6) is 0 Å². The molecule has 0 aromatic rings. The fourth-order valence-corrected chi connectivity index (χ4v) is 19.7. The number of hydrogen-bond donors (Lipinski definition) is 0. The molecule has 0 aliphatic heterocycles. The predicted octanol–water partition coefficient (Wildman–Crippen LogP) is 11.8. The third kappa shape index (κ3) is 34.0. The Bertz CT molecular complexity index is 755. The second kappa shape index (κ2) is 33.6. The van der Waals surface area contributed by atoms with E-state index in [1.165, 1.54) is 104 Å². The molecular formula is C38H76O8Sn2. The van der Waals surface area contributed by atoms with Gasteiger partial charge in [-0.2, -0.15) is 0 Å². The topological polar surface area (TPSA) is 105 Å². The second-order valence-electron chi connectivity index (χ2n) is 13.8. The summed E-state index contributed by atoms with van der Waals surface area (Å²) in [5.41, 5.74) is 0. The summed E-state index contributed by atoms with van der Waals surface area (Å²) >= 11 is -6.99. The fraction of sp³-hybridized carbons (Fsp3) is 0.895. The first-order valence-corrected chi connectivity index (χ1v) is 34.1. The van der Waals surface area contributed by atoms with E-state index in [0.29, 0.717) is 12.8 Å². The summed E-state index contributed by atoms with van der Waals surface area (Å²) in [6, 6.07) is 0. The Morgan fingerprint density at radius 2 is 0.667 bits per heavy atom. The molecule has 0 aliphatic carbocycles. The van der Waals surface area contributed by atoms with Crippen LogP contribution in [0.4, 0.5) is 0 Å². The summed E-state index contributed by atoms with van der Waals surface area (Å²) in [7, 11) is 0. The van der Waals surface area contributed by atoms with E-state index in [-0.39, 0.29) is 23.9 Å². The monoisotopic (exact) mass is 900 g/mol. The summed E-state index contributed by atoms with van der Waals surface area (Å²) in [5.74, 6) is -0.984. The molecule has 0 saturated carbocycles. The van der Waals surface area contributed by atoms with E-state index in [1.54, 1.807) is 9.88 Å². The molecule has 8 nitrogen and oxygen atoms in total.